The Bertz CT molecular complexity index is 886. The summed E-state index contributed by atoms with van der Waals surface area (Å²) in [7, 11) is 1.66. The second kappa shape index (κ2) is 7.65. The maximum absolute atomic E-state index is 12.8. The lowest BCUT2D eigenvalue weighted by atomic mass is 9.90. The third kappa shape index (κ3) is 3.72. The number of H-pyrrole nitrogens is 1. The van der Waals surface area contributed by atoms with Crippen molar-refractivity contribution in [2.45, 2.75) is 31.8 Å². The summed E-state index contributed by atoms with van der Waals surface area (Å²) in [6, 6.07) is 9.89. The van der Waals surface area contributed by atoms with Crippen LogP contribution in [0.1, 0.15) is 35.7 Å². The first-order chi connectivity index (χ1) is 13.2. The zero-order valence-electron chi connectivity index (χ0n) is 15.3. The molecule has 1 aliphatic rings. The van der Waals surface area contributed by atoms with Gasteiger partial charge in [-0.15, -0.1) is 0 Å². The number of nitrogens with zero attached hydrogens (tertiary/aromatic N) is 4. The molecule has 0 fully saturated rings. The minimum absolute atomic E-state index is 0.0703. The minimum atomic E-state index is 0.0703. The SMILES string of the molecule is COc1ccc(C2CN(C(=O)CCCn3cccn3)Cc3[nH]cnc32)cc1. The number of imidazole rings is 1. The van der Waals surface area contributed by atoms with Gasteiger partial charge in [0.2, 0.25) is 5.91 Å². The topological polar surface area (TPSA) is 76.0 Å². The van der Waals surface area contributed by atoms with Crippen molar-refractivity contribution in [3.05, 3.63) is 66.0 Å². The molecule has 1 unspecified atom stereocenters. The number of methoxy groups -OCH3 is 1. The maximum atomic E-state index is 12.8. The van der Waals surface area contributed by atoms with Gasteiger partial charge in [0, 0.05) is 37.8 Å². The van der Waals surface area contributed by atoms with Crippen LogP contribution in [-0.2, 0) is 17.9 Å². The predicted octanol–water partition coefficient (Wildman–Crippen LogP) is 2.57. The van der Waals surface area contributed by atoms with Crippen molar-refractivity contribution in [3.63, 3.8) is 0 Å². The van der Waals surface area contributed by atoms with E-state index in [1.165, 1.54) is 0 Å². The molecule has 0 saturated carbocycles. The number of aromatic nitrogens is 4. The number of aromatic amines is 1. The summed E-state index contributed by atoms with van der Waals surface area (Å²) in [4.78, 5) is 22.4. The molecule has 1 aromatic carbocycles. The van der Waals surface area contributed by atoms with E-state index in [2.05, 4.69) is 15.1 Å². The Hall–Kier alpha value is -3.09. The lowest BCUT2D eigenvalue weighted by Gasteiger charge is -2.32. The highest BCUT2D eigenvalue weighted by atomic mass is 16.5. The van der Waals surface area contributed by atoms with Gasteiger partial charge in [-0.05, 0) is 30.2 Å². The summed E-state index contributed by atoms with van der Waals surface area (Å²) in [5.74, 6) is 1.06. The molecular weight excluding hydrogens is 342 g/mol. The number of fused-ring (bicyclic) bond motifs is 1. The minimum Gasteiger partial charge on any atom is -0.497 e. The van der Waals surface area contributed by atoms with Gasteiger partial charge in [0.15, 0.2) is 0 Å². The molecule has 3 aromatic rings. The van der Waals surface area contributed by atoms with Crippen molar-refractivity contribution in [1.82, 2.24) is 24.6 Å². The predicted molar refractivity (Wildman–Crippen MR) is 100 cm³/mol. The Morgan fingerprint density at radius 1 is 1.33 bits per heavy atom. The molecule has 7 nitrogen and oxygen atoms in total. The molecule has 0 bridgehead atoms. The first kappa shape index (κ1) is 17.3. The van der Waals surface area contributed by atoms with E-state index in [0.29, 0.717) is 19.5 Å². The van der Waals surface area contributed by atoms with E-state index in [1.54, 1.807) is 19.6 Å². The van der Waals surface area contributed by atoms with Crippen molar-refractivity contribution < 1.29 is 9.53 Å². The summed E-state index contributed by atoms with van der Waals surface area (Å²) in [5.41, 5.74) is 3.18. The normalized spacial score (nSPS) is 16.2. The molecular formula is C20H23N5O2. The van der Waals surface area contributed by atoms with Gasteiger partial charge in [-0.3, -0.25) is 9.48 Å². The summed E-state index contributed by atoms with van der Waals surface area (Å²) < 4.78 is 7.11. The number of nitrogens with one attached hydrogen (secondary N) is 1. The van der Waals surface area contributed by atoms with Gasteiger partial charge in [-0.25, -0.2) is 4.98 Å². The highest BCUT2D eigenvalue weighted by Gasteiger charge is 2.31. The van der Waals surface area contributed by atoms with E-state index in [-0.39, 0.29) is 11.8 Å². The molecule has 0 saturated heterocycles. The second-order valence-corrected chi connectivity index (χ2v) is 6.74. The molecule has 1 aliphatic heterocycles. The van der Waals surface area contributed by atoms with Crippen molar-refractivity contribution in [1.29, 1.82) is 0 Å². The first-order valence-corrected chi connectivity index (χ1v) is 9.16. The molecule has 0 radical (unpaired) electrons. The molecule has 1 atom stereocenters. The van der Waals surface area contributed by atoms with E-state index < -0.39 is 0 Å². The number of hydrogen-bond donors (Lipinski definition) is 1. The summed E-state index contributed by atoms with van der Waals surface area (Å²) in [6.07, 6.45) is 6.68. The fourth-order valence-electron chi connectivity index (χ4n) is 3.59. The van der Waals surface area contributed by atoms with Gasteiger partial charge in [0.1, 0.15) is 5.75 Å². The summed E-state index contributed by atoms with van der Waals surface area (Å²) in [5, 5.41) is 4.18. The number of benzene rings is 1. The molecule has 7 heteroatoms. The number of aryl methyl sites for hydroxylation is 1. The van der Waals surface area contributed by atoms with Gasteiger partial charge < -0.3 is 14.6 Å². The van der Waals surface area contributed by atoms with Crippen LogP contribution in [0.2, 0.25) is 0 Å². The zero-order valence-corrected chi connectivity index (χ0v) is 15.3. The molecule has 140 valence electrons. The van der Waals surface area contributed by atoms with Crippen molar-refractivity contribution in [2.24, 2.45) is 0 Å². The largest absolute Gasteiger partial charge is 0.497 e. The van der Waals surface area contributed by atoms with Crippen LogP contribution in [-0.4, -0.2) is 44.2 Å². The standard InChI is InChI=1S/C20H23N5O2/c1-27-16-7-5-15(6-8-16)17-12-24(13-18-20(17)22-14-21-18)19(26)4-2-10-25-11-3-9-23-25/h3,5-9,11,14,17H,2,4,10,12-13H2,1H3,(H,21,22). The van der Waals surface area contributed by atoms with E-state index in [9.17, 15) is 4.79 Å². The molecule has 2 aromatic heterocycles. The highest BCUT2D eigenvalue weighted by Crippen LogP contribution is 2.32. The van der Waals surface area contributed by atoms with Crippen molar-refractivity contribution in [2.75, 3.05) is 13.7 Å². The summed E-state index contributed by atoms with van der Waals surface area (Å²) >= 11 is 0. The Kier molecular flexibility index (Phi) is 4.91. The van der Waals surface area contributed by atoms with Crippen LogP contribution in [0.5, 0.6) is 5.75 Å². The fourth-order valence-corrected chi connectivity index (χ4v) is 3.59. The third-order valence-electron chi connectivity index (χ3n) is 5.04. The Morgan fingerprint density at radius 3 is 2.93 bits per heavy atom. The van der Waals surface area contributed by atoms with E-state index in [1.807, 2.05) is 46.1 Å². The molecule has 4 rings (SSSR count). The molecule has 27 heavy (non-hydrogen) atoms. The second-order valence-electron chi connectivity index (χ2n) is 6.74. The van der Waals surface area contributed by atoms with E-state index in [0.717, 1.165) is 35.7 Å². The highest BCUT2D eigenvalue weighted by molar-refractivity contribution is 5.76. The van der Waals surface area contributed by atoms with Crippen LogP contribution >= 0.6 is 0 Å². The summed E-state index contributed by atoms with van der Waals surface area (Å²) in [6.45, 7) is 1.98. The Labute approximate surface area is 158 Å². The number of rotatable bonds is 6. The molecule has 0 spiro atoms. The number of ether oxygens (including phenoxy) is 1. The Morgan fingerprint density at radius 2 is 2.19 bits per heavy atom. The van der Waals surface area contributed by atoms with Crippen LogP contribution in [0.15, 0.2) is 49.1 Å². The van der Waals surface area contributed by atoms with Gasteiger partial charge >= 0.3 is 0 Å². The van der Waals surface area contributed by atoms with Crippen molar-refractivity contribution >= 4 is 5.91 Å². The van der Waals surface area contributed by atoms with E-state index in [4.69, 9.17) is 4.74 Å². The average Bonchev–Trinajstić information content (AvgIpc) is 3.39. The fraction of sp³-hybridized carbons (Fsp3) is 0.350. The zero-order chi connectivity index (χ0) is 18.6. The monoisotopic (exact) mass is 365 g/mol. The number of carbonyl (C=O) groups is 1. The average molecular weight is 365 g/mol. The molecule has 1 N–H and O–H groups in total. The van der Waals surface area contributed by atoms with Crippen LogP contribution in [0.3, 0.4) is 0 Å². The third-order valence-corrected chi connectivity index (χ3v) is 5.04. The number of carbonyl (C=O) groups excluding carboxylic acids is 1. The quantitative estimate of drug-likeness (QED) is 0.728. The Balaban J connectivity index is 1.46. The lowest BCUT2D eigenvalue weighted by molar-refractivity contribution is -0.132. The van der Waals surface area contributed by atoms with Gasteiger partial charge in [0.05, 0.1) is 31.4 Å². The molecule has 0 aliphatic carbocycles. The van der Waals surface area contributed by atoms with Gasteiger partial charge in [-0.1, -0.05) is 12.1 Å². The first-order valence-electron chi connectivity index (χ1n) is 9.16. The van der Waals surface area contributed by atoms with Crippen LogP contribution in [0.25, 0.3) is 0 Å². The van der Waals surface area contributed by atoms with E-state index >= 15 is 0 Å². The maximum Gasteiger partial charge on any atom is 0.223 e. The number of hydrogen-bond acceptors (Lipinski definition) is 4. The molecule has 3 heterocycles. The molecule has 1 amide bonds. The van der Waals surface area contributed by atoms with Crippen LogP contribution in [0.4, 0.5) is 0 Å². The van der Waals surface area contributed by atoms with Gasteiger partial charge in [0.25, 0.3) is 0 Å². The smallest absolute Gasteiger partial charge is 0.223 e. The number of amides is 1. The van der Waals surface area contributed by atoms with Crippen LogP contribution < -0.4 is 4.74 Å². The van der Waals surface area contributed by atoms with Gasteiger partial charge in [-0.2, -0.15) is 5.10 Å². The lowest BCUT2D eigenvalue weighted by Crippen LogP contribution is -2.38. The van der Waals surface area contributed by atoms with Crippen LogP contribution in [0, 0.1) is 0 Å². The van der Waals surface area contributed by atoms with Crippen molar-refractivity contribution in [3.8, 4) is 5.75 Å².